The predicted molar refractivity (Wildman–Crippen MR) is 86.8 cm³/mol. The van der Waals surface area contributed by atoms with E-state index in [0.717, 1.165) is 16.7 Å². The molecule has 6 nitrogen and oxygen atoms in total. The van der Waals surface area contributed by atoms with Crippen molar-refractivity contribution in [1.29, 1.82) is 0 Å². The Morgan fingerprint density at radius 2 is 1.87 bits per heavy atom. The fraction of sp³-hybridized carbons (Fsp3) is 0.188. The lowest BCUT2D eigenvalue weighted by Gasteiger charge is -2.09. The average Bonchev–Trinajstić information content (AvgIpc) is 2.87. The zero-order valence-corrected chi connectivity index (χ0v) is 13.5. The van der Waals surface area contributed by atoms with Crippen molar-refractivity contribution in [2.24, 2.45) is 0 Å². The Balaban J connectivity index is 1.82. The Morgan fingerprint density at radius 3 is 2.61 bits per heavy atom. The summed E-state index contributed by atoms with van der Waals surface area (Å²) in [5.41, 5.74) is 3.67. The number of hydrogen-bond donors (Lipinski definition) is 2. The molecule has 1 aromatic heterocycles. The van der Waals surface area contributed by atoms with E-state index in [1.165, 1.54) is 0 Å². The maximum atomic E-state index is 12.3. The first kappa shape index (κ1) is 15.5. The third-order valence-corrected chi connectivity index (χ3v) is 5.14. The molecule has 0 radical (unpaired) electrons. The molecular weight excluding hydrogens is 316 g/mol. The Bertz CT molecular complexity index is 1030. The van der Waals surface area contributed by atoms with Crippen molar-refractivity contribution in [2.45, 2.75) is 25.3 Å². The van der Waals surface area contributed by atoms with Gasteiger partial charge in [-0.05, 0) is 54.8 Å². The van der Waals surface area contributed by atoms with Crippen LogP contribution in [-0.2, 0) is 16.6 Å². The van der Waals surface area contributed by atoms with Crippen LogP contribution in [0.4, 0.5) is 0 Å². The summed E-state index contributed by atoms with van der Waals surface area (Å²) in [5, 5.41) is 0. The van der Waals surface area contributed by atoms with Crippen LogP contribution < -0.4 is 10.5 Å². The standard InChI is InChI=1S/C16H16N2O4S/c1-10-3-5-13(7-11(10)2)23(20,21)17-9-12-4-6-15-14(8-12)18-16(19)22-15/h3-8,17H,9H2,1-2H3,(H,18,19). The first-order valence-electron chi connectivity index (χ1n) is 7.04. The smallest absolute Gasteiger partial charge is 0.408 e. The minimum atomic E-state index is -3.59. The second-order valence-corrected chi connectivity index (χ2v) is 7.18. The number of fused-ring (bicyclic) bond motifs is 1. The average molecular weight is 332 g/mol. The molecule has 0 saturated carbocycles. The van der Waals surface area contributed by atoms with Crippen LogP contribution in [0.1, 0.15) is 16.7 Å². The van der Waals surface area contributed by atoms with Gasteiger partial charge in [0.2, 0.25) is 10.0 Å². The molecule has 0 bridgehead atoms. The molecule has 0 atom stereocenters. The van der Waals surface area contributed by atoms with Crippen LogP contribution in [0.5, 0.6) is 0 Å². The quantitative estimate of drug-likeness (QED) is 0.766. The fourth-order valence-electron chi connectivity index (χ4n) is 2.25. The van der Waals surface area contributed by atoms with Crippen LogP contribution in [0.2, 0.25) is 0 Å². The molecule has 0 spiro atoms. The zero-order chi connectivity index (χ0) is 16.6. The number of nitrogens with one attached hydrogen (secondary N) is 2. The first-order valence-corrected chi connectivity index (χ1v) is 8.52. The van der Waals surface area contributed by atoms with Gasteiger partial charge in [0.25, 0.3) is 0 Å². The molecule has 0 aliphatic rings. The summed E-state index contributed by atoms with van der Waals surface area (Å²) in [6.07, 6.45) is 0. The molecule has 1 heterocycles. The van der Waals surface area contributed by atoms with Gasteiger partial charge in [-0.15, -0.1) is 0 Å². The molecule has 3 rings (SSSR count). The van der Waals surface area contributed by atoms with E-state index >= 15 is 0 Å². The molecule has 0 saturated heterocycles. The topological polar surface area (TPSA) is 92.2 Å². The van der Waals surface area contributed by atoms with Crippen LogP contribution in [-0.4, -0.2) is 13.4 Å². The van der Waals surface area contributed by atoms with E-state index in [2.05, 4.69) is 9.71 Å². The summed E-state index contributed by atoms with van der Waals surface area (Å²) in [4.78, 5) is 13.9. The molecule has 0 aliphatic heterocycles. The van der Waals surface area contributed by atoms with Gasteiger partial charge < -0.3 is 4.42 Å². The van der Waals surface area contributed by atoms with Gasteiger partial charge in [0, 0.05) is 6.54 Å². The lowest BCUT2D eigenvalue weighted by Crippen LogP contribution is -2.23. The van der Waals surface area contributed by atoms with Gasteiger partial charge in [-0.2, -0.15) is 0 Å². The van der Waals surface area contributed by atoms with Crippen molar-refractivity contribution in [3.8, 4) is 0 Å². The highest BCUT2D eigenvalue weighted by molar-refractivity contribution is 7.89. The van der Waals surface area contributed by atoms with E-state index in [9.17, 15) is 13.2 Å². The molecule has 7 heteroatoms. The van der Waals surface area contributed by atoms with Crippen molar-refractivity contribution in [1.82, 2.24) is 9.71 Å². The van der Waals surface area contributed by atoms with Gasteiger partial charge in [0.05, 0.1) is 10.4 Å². The van der Waals surface area contributed by atoms with Gasteiger partial charge in [-0.25, -0.2) is 17.9 Å². The maximum absolute atomic E-state index is 12.3. The highest BCUT2D eigenvalue weighted by Gasteiger charge is 2.14. The molecule has 23 heavy (non-hydrogen) atoms. The third kappa shape index (κ3) is 3.20. The van der Waals surface area contributed by atoms with Gasteiger partial charge >= 0.3 is 5.76 Å². The van der Waals surface area contributed by atoms with Crippen LogP contribution in [0, 0.1) is 13.8 Å². The van der Waals surface area contributed by atoms with Crippen molar-refractivity contribution >= 4 is 21.1 Å². The van der Waals surface area contributed by atoms with Crippen LogP contribution in [0.3, 0.4) is 0 Å². The number of oxazole rings is 1. The molecule has 0 aliphatic carbocycles. The molecule has 0 amide bonds. The summed E-state index contributed by atoms with van der Waals surface area (Å²) >= 11 is 0. The molecule has 120 valence electrons. The molecular formula is C16H16N2O4S. The summed E-state index contributed by atoms with van der Waals surface area (Å²) in [7, 11) is -3.59. The highest BCUT2D eigenvalue weighted by Crippen LogP contribution is 2.16. The van der Waals surface area contributed by atoms with E-state index in [-0.39, 0.29) is 11.4 Å². The number of sulfonamides is 1. The van der Waals surface area contributed by atoms with Crippen molar-refractivity contribution in [3.63, 3.8) is 0 Å². The van der Waals surface area contributed by atoms with E-state index in [1.807, 2.05) is 13.8 Å². The summed E-state index contributed by atoms with van der Waals surface area (Å²) < 4.78 is 32.2. The number of H-pyrrole nitrogens is 1. The Kier molecular flexibility index (Phi) is 3.83. The lowest BCUT2D eigenvalue weighted by atomic mass is 10.1. The summed E-state index contributed by atoms with van der Waals surface area (Å²) in [5.74, 6) is -0.534. The number of aromatic amines is 1. The van der Waals surface area contributed by atoms with Crippen molar-refractivity contribution in [2.75, 3.05) is 0 Å². The maximum Gasteiger partial charge on any atom is 0.417 e. The van der Waals surface area contributed by atoms with Gasteiger partial charge in [-0.1, -0.05) is 12.1 Å². The Hall–Kier alpha value is -2.38. The monoisotopic (exact) mass is 332 g/mol. The molecule has 0 unspecified atom stereocenters. The minimum Gasteiger partial charge on any atom is -0.408 e. The minimum absolute atomic E-state index is 0.123. The van der Waals surface area contributed by atoms with E-state index in [1.54, 1.807) is 36.4 Å². The number of aryl methyl sites for hydroxylation is 2. The van der Waals surface area contributed by atoms with Crippen LogP contribution in [0.25, 0.3) is 11.1 Å². The van der Waals surface area contributed by atoms with Crippen LogP contribution in [0.15, 0.2) is 50.5 Å². The van der Waals surface area contributed by atoms with E-state index in [4.69, 9.17) is 4.42 Å². The van der Waals surface area contributed by atoms with Crippen LogP contribution >= 0.6 is 0 Å². The molecule has 0 fully saturated rings. The number of benzene rings is 2. The van der Waals surface area contributed by atoms with Gasteiger partial charge in [0.1, 0.15) is 0 Å². The van der Waals surface area contributed by atoms with Crippen molar-refractivity contribution < 1.29 is 12.8 Å². The molecule has 2 aromatic carbocycles. The SMILES string of the molecule is Cc1ccc(S(=O)(=O)NCc2ccc3oc(=O)[nH]c3c2)cc1C. The van der Waals surface area contributed by atoms with Gasteiger partial charge in [0.15, 0.2) is 5.58 Å². The first-order chi connectivity index (χ1) is 10.8. The Labute approximate surface area is 133 Å². The third-order valence-electron chi connectivity index (χ3n) is 3.74. The van der Waals surface area contributed by atoms with Crippen molar-refractivity contribution in [3.05, 3.63) is 63.6 Å². The fourth-order valence-corrected chi connectivity index (χ4v) is 3.35. The van der Waals surface area contributed by atoms with Gasteiger partial charge in [-0.3, -0.25) is 4.98 Å². The zero-order valence-electron chi connectivity index (χ0n) is 12.7. The number of aromatic nitrogens is 1. The molecule has 3 aromatic rings. The second-order valence-electron chi connectivity index (χ2n) is 5.42. The molecule has 2 N–H and O–H groups in total. The van der Waals surface area contributed by atoms with E-state index < -0.39 is 15.8 Å². The predicted octanol–water partition coefficient (Wildman–Crippen LogP) is 2.22. The number of hydrogen-bond acceptors (Lipinski definition) is 4. The Morgan fingerprint density at radius 1 is 1.09 bits per heavy atom. The summed E-state index contributed by atoms with van der Waals surface area (Å²) in [6.45, 7) is 3.93. The number of rotatable bonds is 4. The summed E-state index contributed by atoms with van der Waals surface area (Å²) in [6, 6.07) is 10.0. The highest BCUT2D eigenvalue weighted by atomic mass is 32.2. The largest absolute Gasteiger partial charge is 0.417 e. The van der Waals surface area contributed by atoms with E-state index in [0.29, 0.717) is 11.1 Å². The normalized spacial score (nSPS) is 11.9. The lowest BCUT2D eigenvalue weighted by molar-refractivity contribution is 0.555. The second kappa shape index (κ2) is 5.68.